The molecule has 6 nitrogen and oxygen atoms in total. The Morgan fingerprint density at radius 1 is 1.07 bits per heavy atom. The summed E-state index contributed by atoms with van der Waals surface area (Å²) in [5.41, 5.74) is 3.02. The number of hydrogen-bond acceptors (Lipinski definition) is 5. The molecule has 2 fully saturated rings. The van der Waals surface area contributed by atoms with Crippen LogP contribution in [0.5, 0.6) is 0 Å². The number of likely N-dealkylation sites (tertiary alicyclic amines) is 1. The number of carbonyl (C=O) groups excluding carboxylic acids is 1. The van der Waals surface area contributed by atoms with Gasteiger partial charge in [0.1, 0.15) is 5.52 Å². The van der Waals surface area contributed by atoms with Gasteiger partial charge in [0.15, 0.2) is 5.13 Å². The molecule has 1 N–H and O–H groups in total. The van der Waals surface area contributed by atoms with E-state index in [4.69, 9.17) is 4.74 Å². The van der Waals surface area contributed by atoms with E-state index in [0.29, 0.717) is 5.13 Å². The molecule has 2 saturated heterocycles. The number of pyridine rings is 1. The monoisotopic (exact) mass is 424 g/mol. The van der Waals surface area contributed by atoms with E-state index < -0.39 is 0 Å². The maximum atomic E-state index is 12.6. The molecule has 0 aliphatic carbocycles. The number of urea groups is 1. The molecule has 0 saturated carbocycles. The fraction of sp³-hybridized carbons (Fsp3) is 0.435. The van der Waals surface area contributed by atoms with Crippen molar-refractivity contribution in [1.29, 1.82) is 0 Å². The van der Waals surface area contributed by atoms with Gasteiger partial charge >= 0.3 is 6.03 Å². The van der Waals surface area contributed by atoms with Crippen molar-refractivity contribution in [2.45, 2.75) is 33.1 Å². The molecular formula is C23H28N4O2S. The van der Waals surface area contributed by atoms with Crippen molar-refractivity contribution in [3.8, 4) is 0 Å². The molecule has 0 atom stereocenters. The van der Waals surface area contributed by atoms with Crippen molar-refractivity contribution in [3.05, 3.63) is 53.9 Å². The minimum absolute atomic E-state index is 0.0419. The van der Waals surface area contributed by atoms with Gasteiger partial charge in [0.2, 0.25) is 0 Å². The Hall–Kier alpha value is -2.51. The van der Waals surface area contributed by atoms with E-state index in [1.165, 1.54) is 11.3 Å². The Kier molecular flexibility index (Phi) is 6.29. The van der Waals surface area contributed by atoms with E-state index in [1.807, 2.05) is 61.2 Å². The second-order valence-corrected chi connectivity index (χ2v) is 9.11. The largest absolute Gasteiger partial charge is 0.381 e. The van der Waals surface area contributed by atoms with Gasteiger partial charge in [-0.15, -0.1) is 0 Å². The van der Waals surface area contributed by atoms with Crippen molar-refractivity contribution in [2.75, 3.05) is 31.6 Å². The zero-order chi connectivity index (χ0) is 21.0. The fourth-order valence-electron chi connectivity index (χ4n) is 4.16. The van der Waals surface area contributed by atoms with Crippen molar-refractivity contribution in [1.82, 2.24) is 14.9 Å². The first-order chi connectivity index (χ1) is 14.5. The van der Waals surface area contributed by atoms with Crippen molar-refractivity contribution >= 4 is 32.7 Å². The number of nitrogens with zero attached hydrogens (tertiary/aromatic N) is 3. The molecule has 0 bridgehead atoms. The molecule has 2 amide bonds. The number of benzene rings is 1. The van der Waals surface area contributed by atoms with Crippen LogP contribution in [0.15, 0.2) is 42.5 Å². The first-order valence-electron chi connectivity index (χ1n) is 10.4. The van der Waals surface area contributed by atoms with Crippen LogP contribution in [0, 0.1) is 19.3 Å². The Balaban J connectivity index is 0.000000313. The average molecular weight is 425 g/mol. The minimum atomic E-state index is -0.0419. The number of aromatic nitrogens is 2. The SMILES string of the molecule is Cc1cc2sc(NC(=O)N3CCC4(CCOCC4)C3)nc2c(C)n1.c1ccccc1. The number of thiazole rings is 1. The number of carbonyl (C=O) groups is 1. The quantitative estimate of drug-likeness (QED) is 0.595. The molecule has 158 valence electrons. The van der Waals surface area contributed by atoms with Gasteiger partial charge in [-0.2, -0.15) is 0 Å². The predicted molar refractivity (Wildman–Crippen MR) is 121 cm³/mol. The molecule has 2 aliphatic heterocycles. The van der Waals surface area contributed by atoms with E-state index in [0.717, 1.165) is 67.2 Å². The standard InChI is InChI=1S/C17H22N4O2S.C6H6/c1-11-9-13-14(12(2)18-11)19-15(24-13)20-16(22)21-6-3-17(10-21)4-7-23-8-5-17;1-2-4-6-5-3-1/h9H,3-8,10H2,1-2H3,(H,19,20,22);1-6H. The van der Waals surface area contributed by atoms with E-state index in [-0.39, 0.29) is 11.4 Å². The minimum Gasteiger partial charge on any atom is -0.381 e. The van der Waals surface area contributed by atoms with Gasteiger partial charge in [0.05, 0.1) is 10.4 Å². The van der Waals surface area contributed by atoms with Gasteiger partial charge in [-0.1, -0.05) is 47.7 Å². The summed E-state index contributed by atoms with van der Waals surface area (Å²) in [7, 11) is 0. The van der Waals surface area contributed by atoms with Crippen LogP contribution in [-0.2, 0) is 4.74 Å². The predicted octanol–water partition coefficient (Wildman–Crippen LogP) is 5.03. The highest BCUT2D eigenvalue weighted by atomic mass is 32.1. The van der Waals surface area contributed by atoms with Crippen LogP contribution < -0.4 is 5.32 Å². The normalized spacial score (nSPS) is 17.6. The van der Waals surface area contributed by atoms with Crippen molar-refractivity contribution < 1.29 is 9.53 Å². The Labute approximate surface area is 181 Å². The number of rotatable bonds is 1. The third-order valence-electron chi connectivity index (χ3n) is 5.84. The summed E-state index contributed by atoms with van der Waals surface area (Å²) in [5, 5.41) is 3.63. The smallest absolute Gasteiger partial charge is 0.323 e. The van der Waals surface area contributed by atoms with Crippen LogP contribution in [0.3, 0.4) is 0 Å². The summed E-state index contributed by atoms with van der Waals surface area (Å²) in [6.07, 6.45) is 3.19. The highest BCUT2D eigenvalue weighted by Crippen LogP contribution is 2.40. The number of anilines is 1. The molecular weight excluding hydrogens is 396 g/mol. The van der Waals surface area contributed by atoms with Crippen molar-refractivity contribution in [3.63, 3.8) is 0 Å². The first kappa shape index (κ1) is 20.8. The van der Waals surface area contributed by atoms with Gasteiger partial charge in [0.25, 0.3) is 0 Å². The lowest BCUT2D eigenvalue weighted by atomic mass is 9.80. The van der Waals surface area contributed by atoms with E-state index in [1.54, 1.807) is 0 Å². The molecule has 30 heavy (non-hydrogen) atoms. The zero-order valence-electron chi connectivity index (χ0n) is 17.6. The second kappa shape index (κ2) is 9.10. The maximum Gasteiger partial charge on any atom is 0.323 e. The molecule has 4 heterocycles. The number of fused-ring (bicyclic) bond motifs is 1. The molecule has 1 aromatic carbocycles. The van der Waals surface area contributed by atoms with Crippen LogP contribution in [0.2, 0.25) is 0 Å². The maximum absolute atomic E-state index is 12.6. The summed E-state index contributed by atoms with van der Waals surface area (Å²) in [6.45, 7) is 7.21. The highest BCUT2D eigenvalue weighted by Gasteiger charge is 2.41. The van der Waals surface area contributed by atoms with E-state index >= 15 is 0 Å². The average Bonchev–Trinajstić information content (AvgIpc) is 3.35. The molecule has 2 aliphatic rings. The third kappa shape index (κ3) is 4.79. The number of nitrogens with one attached hydrogen (secondary N) is 1. The molecule has 0 unspecified atom stereocenters. The highest BCUT2D eigenvalue weighted by molar-refractivity contribution is 7.22. The molecule has 7 heteroatoms. The Morgan fingerprint density at radius 3 is 2.40 bits per heavy atom. The van der Waals surface area contributed by atoms with Crippen molar-refractivity contribution in [2.24, 2.45) is 5.41 Å². The topological polar surface area (TPSA) is 67.4 Å². The first-order valence-corrected chi connectivity index (χ1v) is 11.2. The number of amides is 2. The Bertz CT molecular complexity index is 972. The summed E-state index contributed by atoms with van der Waals surface area (Å²) in [6, 6.07) is 14.0. The van der Waals surface area contributed by atoms with Gasteiger partial charge in [-0.3, -0.25) is 10.3 Å². The summed E-state index contributed by atoms with van der Waals surface area (Å²) >= 11 is 1.51. The molecule has 1 spiro atoms. The fourth-order valence-corrected chi connectivity index (χ4v) is 5.16. The number of ether oxygens (including phenoxy) is 1. The lowest BCUT2D eigenvalue weighted by molar-refractivity contribution is 0.0211. The summed E-state index contributed by atoms with van der Waals surface area (Å²) in [5.74, 6) is 0. The molecule has 2 aromatic heterocycles. The van der Waals surface area contributed by atoms with Crippen LogP contribution in [0.1, 0.15) is 30.7 Å². The second-order valence-electron chi connectivity index (χ2n) is 8.08. The van der Waals surface area contributed by atoms with Gasteiger partial charge in [0, 0.05) is 32.0 Å². The molecule has 3 aromatic rings. The van der Waals surface area contributed by atoms with Crippen LogP contribution >= 0.6 is 11.3 Å². The summed E-state index contributed by atoms with van der Waals surface area (Å²) < 4.78 is 6.54. The van der Waals surface area contributed by atoms with Gasteiger partial charge in [-0.05, 0) is 44.6 Å². The van der Waals surface area contributed by atoms with E-state index in [9.17, 15) is 4.79 Å². The molecule has 0 radical (unpaired) electrons. The van der Waals surface area contributed by atoms with Crippen LogP contribution in [0.25, 0.3) is 10.2 Å². The van der Waals surface area contributed by atoms with Gasteiger partial charge in [-0.25, -0.2) is 9.78 Å². The zero-order valence-corrected chi connectivity index (χ0v) is 18.4. The van der Waals surface area contributed by atoms with Gasteiger partial charge < -0.3 is 9.64 Å². The van der Waals surface area contributed by atoms with E-state index in [2.05, 4.69) is 15.3 Å². The lowest BCUT2D eigenvalue weighted by Crippen LogP contribution is -2.37. The third-order valence-corrected chi connectivity index (χ3v) is 6.76. The summed E-state index contributed by atoms with van der Waals surface area (Å²) in [4.78, 5) is 23.5. The number of aryl methyl sites for hydroxylation is 2. The molecule has 5 rings (SSSR count). The van der Waals surface area contributed by atoms with Crippen LogP contribution in [0.4, 0.5) is 9.93 Å². The van der Waals surface area contributed by atoms with Crippen LogP contribution in [-0.4, -0.2) is 47.2 Å². The lowest BCUT2D eigenvalue weighted by Gasteiger charge is -2.33. The number of hydrogen-bond donors (Lipinski definition) is 1. The Morgan fingerprint density at radius 2 is 1.73 bits per heavy atom.